The highest BCUT2D eigenvalue weighted by Crippen LogP contribution is 2.17. The fourth-order valence-electron chi connectivity index (χ4n) is 3.20. The van der Waals surface area contributed by atoms with Crippen LogP contribution in [0.5, 0.6) is 0 Å². The summed E-state index contributed by atoms with van der Waals surface area (Å²) in [6, 6.07) is 0. The summed E-state index contributed by atoms with van der Waals surface area (Å²) < 4.78 is 0. The van der Waals surface area contributed by atoms with Gasteiger partial charge < -0.3 is 10.6 Å². The third kappa shape index (κ3) is 9.06. The van der Waals surface area contributed by atoms with E-state index in [1.165, 1.54) is 44.9 Å². The minimum Gasteiger partial charge on any atom is -0.370 e. The van der Waals surface area contributed by atoms with Crippen molar-refractivity contribution in [3.63, 3.8) is 0 Å². The van der Waals surface area contributed by atoms with Crippen LogP contribution in [0.2, 0.25) is 0 Å². The largest absolute Gasteiger partial charge is 0.370 e. The molecule has 1 fully saturated rings. The van der Waals surface area contributed by atoms with Gasteiger partial charge in [-0.3, -0.25) is 9.59 Å². The number of carbonyl (C=O) groups excluding carboxylic acids is 2. The Morgan fingerprint density at radius 1 is 0.955 bits per heavy atom. The van der Waals surface area contributed by atoms with Crippen LogP contribution in [0.25, 0.3) is 0 Å². The molecule has 0 aromatic heterocycles. The number of amides is 2. The van der Waals surface area contributed by atoms with Gasteiger partial charge in [0.05, 0.1) is 0 Å². The van der Waals surface area contributed by atoms with Crippen molar-refractivity contribution in [3.05, 3.63) is 0 Å². The number of carbonyl (C=O) groups is 2. The molecule has 2 N–H and O–H groups in total. The second-order valence-electron chi connectivity index (χ2n) is 6.88. The molecule has 1 heterocycles. The maximum Gasteiger partial charge on any atom is 0.222 e. The quantitative estimate of drug-likeness (QED) is 0.788. The molecule has 0 aliphatic carbocycles. The third-order valence-corrected chi connectivity index (χ3v) is 4.57. The Kier molecular flexibility index (Phi) is 9.93. The highest BCUT2D eigenvalue weighted by molar-refractivity contribution is 5.76. The molecule has 0 saturated carbocycles. The summed E-state index contributed by atoms with van der Waals surface area (Å²) in [5.74, 6) is 0.578. The highest BCUT2D eigenvalue weighted by Gasteiger charge is 2.16. The Balaban J connectivity index is 2.39. The summed E-state index contributed by atoms with van der Waals surface area (Å²) in [7, 11) is 0. The number of unbranched alkanes of at least 4 members (excludes halogenated alkanes) is 1. The molecule has 128 valence electrons. The van der Waals surface area contributed by atoms with Crippen molar-refractivity contribution in [2.45, 2.75) is 84.0 Å². The lowest BCUT2D eigenvalue weighted by molar-refractivity contribution is -0.132. The molecule has 0 bridgehead atoms. The minimum absolute atomic E-state index is 0.258. The molecule has 0 spiro atoms. The average Bonchev–Trinajstić information content (AvgIpc) is 2.46. The van der Waals surface area contributed by atoms with Crippen LogP contribution in [0.15, 0.2) is 0 Å². The van der Waals surface area contributed by atoms with Crippen molar-refractivity contribution in [1.29, 1.82) is 0 Å². The molecule has 4 nitrogen and oxygen atoms in total. The van der Waals surface area contributed by atoms with Crippen LogP contribution >= 0.6 is 0 Å². The van der Waals surface area contributed by atoms with E-state index in [-0.39, 0.29) is 11.8 Å². The molecule has 2 amide bonds. The SMILES string of the molecule is CC1CCCCCCCCCN(C(=O)CCCCC(N)=O)C1. The maximum absolute atomic E-state index is 12.4. The molecule has 0 aromatic rings. The van der Waals surface area contributed by atoms with E-state index in [1.54, 1.807) is 0 Å². The van der Waals surface area contributed by atoms with E-state index >= 15 is 0 Å². The van der Waals surface area contributed by atoms with Crippen molar-refractivity contribution >= 4 is 11.8 Å². The molecule has 1 saturated heterocycles. The molecular formula is C18H34N2O2. The predicted octanol–water partition coefficient (Wildman–Crippen LogP) is 3.63. The van der Waals surface area contributed by atoms with Crippen LogP contribution in [0, 0.1) is 5.92 Å². The molecule has 0 radical (unpaired) electrons. The lowest BCUT2D eigenvalue weighted by Crippen LogP contribution is -2.35. The summed E-state index contributed by atoms with van der Waals surface area (Å²) in [6.45, 7) is 4.06. The summed E-state index contributed by atoms with van der Waals surface area (Å²) in [5, 5.41) is 0. The summed E-state index contributed by atoms with van der Waals surface area (Å²) in [5.41, 5.74) is 5.13. The average molecular weight is 310 g/mol. The smallest absolute Gasteiger partial charge is 0.222 e. The first-order valence-electron chi connectivity index (χ1n) is 9.15. The second kappa shape index (κ2) is 11.5. The van der Waals surface area contributed by atoms with Crippen molar-refractivity contribution in [2.75, 3.05) is 13.1 Å². The van der Waals surface area contributed by atoms with Gasteiger partial charge in [-0.1, -0.05) is 45.4 Å². The van der Waals surface area contributed by atoms with Gasteiger partial charge in [0.1, 0.15) is 0 Å². The molecule has 22 heavy (non-hydrogen) atoms. The Morgan fingerprint density at radius 2 is 1.55 bits per heavy atom. The number of nitrogens with zero attached hydrogens (tertiary/aromatic N) is 1. The molecule has 1 aliphatic rings. The molecule has 1 rings (SSSR count). The first-order chi connectivity index (χ1) is 10.6. The van der Waals surface area contributed by atoms with Gasteiger partial charge in [-0.05, 0) is 31.6 Å². The van der Waals surface area contributed by atoms with Gasteiger partial charge in [0.25, 0.3) is 0 Å². The summed E-state index contributed by atoms with van der Waals surface area (Å²) in [6.07, 6.45) is 12.7. The molecular weight excluding hydrogens is 276 g/mol. The Hall–Kier alpha value is -1.06. The lowest BCUT2D eigenvalue weighted by atomic mass is 9.99. The van der Waals surface area contributed by atoms with Gasteiger partial charge in [0.15, 0.2) is 0 Å². The molecule has 1 aliphatic heterocycles. The zero-order valence-corrected chi connectivity index (χ0v) is 14.3. The van der Waals surface area contributed by atoms with Gasteiger partial charge >= 0.3 is 0 Å². The molecule has 1 atom stereocenters. The molecule has 1 unspecified atom stereocenters. The van der Waals surface area contributed by atoms with Crippen molar-refractivity contribution in [3.8, 4) is 0 Å². The Morgan fingerprint density at radius 3 is 2.23 bits per heavy atom. The summed E-state index contributed by atoms with van der Waals surface area (Å²) in [4.78, 5) is 25.2. The first-order valence-corrected chi connectivity index (χ1v) is 9.15. The number of hydrogen-bond donors (Lipinski definition) is 1. The maximum atomic E-state index is 12.4. The van der Waals surface area contributed by atoms with Crippen molar-refractivity contribution < 1.29 is 9.59 Å². The van der Waals surface area contributed by atoms with E-state index < -0.39 is 0 Å². The first kappa shape index (κ1) is 19.0. The number of rotatable bonds is 5. The van der Waals surface area contributed by atoms with Crippen molar-refractivity contribution in [1.82, 2.24) is 4.90 Å². The lowest BCUT2D eigenvalue weighted by Gasteiger charge is -2.27. The van der Waals surface area contributed by atoms with Crippen molar-refractivity contribution in [2.24, 2.45) is 11.7 Å². The van der Waals surface area contributed by atoms with E-state index in [0.717, 1.165) is 32.4 Å². The molecule has 0 aromatic carbocycles. The third-order valence-electron chi connectivity index (χ3n) is 4.57. The fourth-order valence-corrected chi connectivity index (χ4v) is 3.20. The van der Waals surface area contributed by atoms with Gasteiger partial charge in [-0.2, -0.15) is 0 Å². The zero-order chi connectivity index (χ0) is 16.2. The van der Waals surface area contributed by atoms with E-state index in [9.17, 15) is 9.59 Å². The normalized spacial score (nSPS) is 21.7. The standard InChI is InChI=1S/C18H34N2O2/c1-16-11-7-5-3-2-4-6-10-14-20(15-16)18(22)13-9-8-12-17(19)21/h16H,2-15H2,1H3,(H2,19,21). The second-order valence-corrected chi connectivity index (χ2v) is 6.88. The fraction of sp³-hybridized carbons (Fsp3) is 0.889. The van der Waals surface area contributed by atoms with E-state index in [2.05, 4.69) is 11.8 Å². The van der Waals surface area contributed by atoms with Gasteiger partial charge in [0, 0.05) is 25.9 Å². The Bertz CT molecular complexity index is 331. The zero-order valence-electron chi connectivity index (χ0n) is 14.3. The minimum atomic E-state index is -0.271. The van der Waals surface area contributed by atoms with Crippen LogP contribution in [-0.4, -0.2) is 29.8 Å². The highest BCUT2D eigenvalue weighted by atomic mass is 16.2. The van der Waals surface area contributed by atoms with Crippen LogP contribution < -0.4 is 5.73 Å². The number of nitrogens with two attached hydrogens (primary N) is 1. The topological polar surface area (TPSA) is 63.4 Å². The van der Waals surface area contributed by atoms with Crippen LogP contribution in [-0.2, 0) is 9.59 Å². The number of primary amides is 1. The van der Waals surface area contributed by atoms with Crippen LogP contribution in [0.3, 0.4) is 0 Å². The van der Waals surface area contributed by atoms with Gasteiger partial charge in [-0.25, -0.2) is 0 Å². The van der Waals surface area contributed by atoms with Gasteiger partial charge in [-0.15, -0.1) is 0 Å². The number of hydrogen-bond acceptors (Lipinski definition) is 2. The van der Waals surface area contributed by atoms with Crippen LogP contribution in [0.1, 0.15) is 84.0 Å². The van der Waals surface area contributed by atoms with E-state index in [4.69, 9.17) is 5.73 Å². The Labute approximate surface area is 135 Å². The van der Waals surface area contributed by atoms with E-state index in [0.29, 0.717) is 18.8 Å². The predicted molar refractivity (Wildman–Crippen MR) is 90.3 cm³/mol. The van der Waals surface area contributed by atoms with Crippen LogP contribution in [0.4, 0.5) is 0 Å². The monoisotopic (exact) mass is 310 g/mol. The molecule has 4 heteroatoms. The summed E-state index contributed by atoms with van der Waals surface area (Å²) >= 11 is 0. The van der Waals surface area contributed by atoms with E-state index in [1.807, 2.05) is 0 Å². The van der Waals surface area contributed by atoms with Gasteiger partial charge in [0.2, 0.25) is 11.8 Å².